The van der Waals surface area contributed by atoms with Gasteiger partial charge >= 0.3 is 0 Å². The van der Waals surface area contributed by atoms with Crippen molar-refractivity contribution in [3.8, 4) is 0 Å². The maximum atomic E-state index is 10.6. The highest BCUT2D eigenvalue weighted by Gasteiger charge is 2.32. The summed E-state index contributed by atoms with van der Waals surface area (Å²) in [4.78, 5) is 10.2. The van der Waals surface area contributed by atoms with Crippen molar-refractivity contribution in [1.82, 2.24) is 0 Å². The fourth-order valence-corrected chi connectivity index (χ4v) is 3.66. The second kappa shape index (κ2) is 5.18. The molecule has 4 nitrogen and oxygen atoms in total. The SMILES string of the molecule is CC1(C)CCSCC1Nc1ccc([N+](=O)[O-])cc1. The molecule has 1 heterocycles. The number of rotatable bonds is 3. The van der Waals surface area contributed by atoms with Gasteiger partial charge in [0.2, 0.25) is 0 Å². The van der Waals surface area contributed by atoms with Crippen LogP contribution in [0.1, 0.15) is 20.3 Å². The van der Waals surface area contributed by atoms with Gasteiger partial charge < -0.3 is 5.32 Å². The van der Waals surface area contributed by atoms with Gasteiger partial charge in [-0.1, -0.05) is 13.8 Å². The summed E-state index contributed by atoms with van der Waals surface area (Å²) in [6.45, 7) is 4.55. The standard InChI is InChI=1S/C13H18N2O2S/c1-13(2)7-8-18-9-12(13)14-10-3-5-11(6-4-10)15(16)17/h3-6,12,14H,7-9H2,1-2H3. The van der Waals surface area contributed by atoms with Crippen molar-refractivity contribution < 1.29 is 4.92 Å². The molecule has 0 amide bonds. The number of nitrogens with one attached hydrogen (secondary N) is 1. The largest absolute Gasteiger partial charge is 0.381 e. The Bertz CT molecular complexity index is 431. The second-order valence-corrected chi connectivity index (χ2v) is 6.46. The van der Waals surface area contributed by atoms with Crippen LogP contribution in [0.5, 0.6) is 0 Å². The van der Waals surface area contributed by atoms with Crippen LogP contribution < -0.4 is 5.32 Å². The molecule has 1 unspecified atom stereocenters. The van der Waals surface area contributed by atoms with E-state index in [-0.39, 0.29) is 16.0 Å². The van der Waals surface area contributed by atoms with Crippen molar-refractivity contribution in [1.29, 1.82) is 0 Å². The number of nitrogens with zero attached hydrogens (tertiary/aromatic N) is 1. The van der Waals surface area contributed by atoms with Gasteiger partial charge in [0.1, 0.15) is 0 Å². The minimum absolute atomic E-state index is 0.137. The number of non-ortho nitro benzene ring substituents is 1. The zero-order valence-corrected chi connectivity index (χ0v) is 11.5. The summed E-state index contributed by atoms with van der Waals surface area (Å²) in [6, 6.07) is 7.08. The molecule has 18 heavy (non-hydrogen) atoms. The lowest BCUT2D eigenvalue weighted by Crippen LogP contribution is -2.41. The Kier molecular flexibility index (Phi) is 3.80. The van der Waals surface area contributed by atoms with Crippen LogP contribution in [-0.2, 0) is 0 Å². The molecule has 0 saturated carbocycles. The summed E-state index contributed by atoms with van der Waals surface area (Å²) in [5, 5.41) is 14.1. The lowest BCUT2D eigenvalue weighted by Gasteiger charge is -2.39. The Labute approximate surface area is 111 Å². The van der Waals surface area contributed by atoms with Crippen LogP contribution in [0, 0.1) is 15.5 Å². The predicted molar refractivity (Wildman–Crippen MR) is 76.2 cm³/mol. The second-order valence-electron chi connectivity index (χ2n) is 5.31. The smallest absolute Gasteiger partial charge is 0.269 e. The van der Waals surface area contributed by atoms with Gasteiger partial charge in [0.05, 0.1) is 4.92 Å². The van der Waals surface area contributed by atoms with Crippen molar-refractivity contribution in [2.75, 3.05) is 16.8 Å². The Morgan fingerprint density at radius 2 is 2.06 bits per heavy atom. The van der Waals surface area contributed by atoms with Crippen molar-refractivity contribution >= 4 is 23.1 Å². The Morgan fingerprint density at radius 3 is 2.61 bits per heavy atom. The Balaban J connectivity index is 2.06. The zero-order valence-electron chi connectivity index (χ0n) is 10.7. The molecule has 1 aliphatic rings. The van der Waals surface area contributed by atoms with Gasteiger partial charge in [-0.3, -0.25) is 10.1 Å². The zero-order chi connectivity index (χ0) is 13.2. The van der Waals surface area contributed by atoms with Gasteiger partial charge in [-0.05, 0) is 29.7 Å². The van der Waals surface area contributed by atoms with E-state index in [0.29, 0.717) is 6.04 Å². The molecule has 1 aliphatic heterocycles. The van der Waals surface area contributed by atoms with Crippen molar-refractivity contribution in [3.63, 3.8) is 0 Å². The third kappa shape index (κ3) is 2.96. The minimum Gasteiger partial charge on any atom is -0.381 e. The lowest BCUT2D eigenvalue weighted by atomic mass is 9.82. The number of nitro groups is 1. The molecular formula is C13H18N2O2S. The number of nitro benzene ring substituents is 1. The average molecular weight is 266 g/mol. The van der Waals surface area contributed by atoms with E-state index in [9.17, 15) is 10.1 Å². The van der Waals surface area contributed by atoms with Crippen LogP contribution in [0.3, 0.4) is 0 Å². The molecule has 0 spiro atoms. The highest BCUT2D eigenvalue weighted by molar-refractivity contribution is 7.99. The van der Waals surface area contributed by atoms with Crippen LogP contribution in [0.2, 0.25) is 0 Å². The normalized spacial score (nSPS) is 22.4. The van der Waals surface area contributed by atoms with Gasteiger partial charge in [0.15, 0.2) is 0 Å². The number of hydrogen-bond donors (Lipinski definition) is 1. The van der Waals surface area contributed by atoms with E-state index < -0.39 is 0 Å². The minimum atomic E-state index is -0.371. The molecule has 0 radical (unpaired) electrons. The van der Waals surface area contributed by atoms with E-state index in [1.165, 1.54) is 12.2 Å². The summed E-state index contributed by atoms with van der Waals surface area (Å²) >= 11 is 1.96. The van der Waals surface area contributed by atoms with Gasteiger partial charge in [-0.2, -0.15) is 11.8 Å². The topological polar surface area (TPSA) is 55.2 Å². The van der Waals surface area contributed by atoms with Crippen molar-refractivity contribution in [3.05, 3.63) is 34.4 Å². The predicted octanol–water partition coefficient (Wildman–Crippen LogP) is 3.54. The van der Waals surface area contributed by atoms with Crippen molar-refractivity contribution in [2.24, 2.45) is 5.41 Å². The molecule has 5 heteroatoms. The third-order valence-electron chi connectivity index (χ3n) is 3.54. The van der Waals surface area contributed by atoms with E-state index in [0.717, 1.165) is 11.4 Å². The molecule has 98 valence electrons. The van der Waals surface area contributed by atoms with Gasteiger partial charge in [0, 0.05) is 29.6 Å². The van der Waals surface area contributed by atoms with E-state index >= 15 is 0 Å². The number of benzene rings is 1. The number of hydrogen-bond acceptors (Lipinski definition) is 4. The van der Waals surface area contributed by atoms with Crippen molar-refractivity contribution in [2.45, 2.75) is 26.3 Å². The number of anilines is 1. The maximum absolute atomic E-state index is 10.6. The van der Waals surface area contributed by atoms with Crippen LogP contribution in [0.15, 0.2) is 24.3 Å². The summed E-state index contributed by atoms with van der Waals surface area (Å²) < 4.78 is 0. The summed E-state index contributed by atoms with van der Waals surface area (Å²) in [5.74, 6) is 2.30. The molecule has 1 fully saturated rings. The van der Waals surface area contributed by atoms with Gasteiger partial charge in [-0.25, -0.2) is 0 Å². The summed E-state index contributed by atoms with van der Waals surface area (Å²) in [6.07, 6.45) is 1.20. The van der Waals surface area contributed by atoms with Gasteiger partial charge in [-0.15, -0.1) is 0 Å². The van der Waals surface area contributed by atoms with E-state index in [2.05, 4.69) is 19.2 Å². The molecule has 1 aromatic carbocycles. The molecule has 0 bridgehead atoms. The fraction of sp³-hybridized carbons (Fsp3) is 0.538. The van der Waals surface area contributed by atoms with Crippen LogP contribution in [-0.4, -0.2) is 22.5 Å². The monoisotopic (exact) mass is 266 g/mol. The first kappa shape index (κ1) is 13.2. The van der Waals surface area contributed by atoms with E-state index in [4.69, 9.17) is 0 Å². The summed E-state index contributed by atoms with van der Waals surface area (Å²) in [5.41, 5.74) is 1.37. The van der Waals surface area contributed by atoms with Crippen LogP contribution >= 0.6 is 11.8 Å². The lowest BCUT2D eigenvalue weighted by molar-refractivity contribution is -0.384. The summed E-state index contributed by atoms with van der Waals surface area (Å²) in [7, 11) is 0. The molecule has 0 aromatic heterocycles. The fourth-order valence-electron chi connectivity index (χ4n) is 2.05. The maximum Gasteiger partial charge on any atom is 0.269 e. The first-order valence-corrected chi connectivity index (χ1v) is 7.23. The quantitative estimate of drug-likeness (QED) is 0.671. The highest BCUT2D eigenvalue weighted by atomic mass is 32.2. The molecule has 1 aromatic rings. The highest BCUT2D eigenvalue weighted by Crippen LogP contribution is 2.36. The van der Waals surface area contributed by atoms with Crippen LogP contribution in [0.25, 0.3) is 0 Å². The number of thioether (sulfide) groups is 1. The molecule has 2 rings (SSSR count). The first-order valence-electron chi connectivity index (χ1n) is 6.08. The average Bonchev–Trinajstić information content (AvgIpc) is 2.32. The third-order valence-corrected chi connectivity index (χ3v) is 4.60. The molecule has 1 N–H and O–H groups in total. The van der Waals surface area contributed by atoms with Crippen LogP contribution in [0.4, 0.5) is 11.4 Å². The molecular weight excluding hydrogens is 248 g/mol. The van der Waals surface area contributed by atoms with E-state index in [1.54, 1.807) is 24.3 Å². The molecule has 1 saturated heterocycles. The Hall–Kier alpha value is -1.23. The Morgan fingerprint density at radius 1 is 1.39 bits per heavy atom. The molecule has 0 aliphatic carbocycles. The molecule has 1 atom stereocenters. The van der Waals surface area contributed by atoms with Gasteiger partial charge in [0.25, 0.3) is 5.69 Å². The van der Waals surface area contributed by atoms with E-state index in [1.807, 2.05) is 11.8 Å². The first-order chi connectivity index (χ1) is 8.49.